The van der Waals surface area contributed by atoms with Crippen molar-refractivity contribution in [2.75, 3.05) is 4.90 Å². The lowest BCUT2D eigenvalue weighted by atomic mass is 9.88. The Bertz CT molecular complexity index is 3290. The molecule has 11 rings (SSSR count). The van der Waals surface area contributed by atoms with E-state index in [9.17, 15) is 0 Å². The summed E-state index contributed by atoms with van der Waals surface area (Å²) in [6, 6.07) is 80.7. The van der Waals surface area contributed by atoms with Crippen molar-refractivity contribution in [2.24, 2.45) is 0 Å². The summed E-state index contributed by atoms with van der Waals surface area (Å²) in [6.07, 6.45) is 0. The minimum absolute atomic E-state index is 0.903. The van der Waals surface area contributed by atoms with Crippen molar-refractivity contribution in [3.8, 4) is 44.5 Å². The van der Waals surface area contributed by atoms with Crippen LogP contribution >= 0.6 is 0 Å². The highest BCUT2D eigenvalue weighted by molar-refractivity contribution is 6.10. The molecule has 1 aromatic heterocycles. The highest BCUT2D eigenvalue weighted by Crippen LogP contribution is 2.46. The lowest BCUT2D eigenvalue weighted by molar-refractivity contribution is 0.670. The average molecular weight is 740 g/mol. The molecule has 0 aliphatic carbocycles. The normalized spacial score (nSPS) is 11.4. The maximum atomic E-state index is 6.46. The lowest BCUT2D eigenvalue weighted by Crippen LogP contribution is -2.11. The number of para-hydroxylation sites is 3. The molecule has 272 valence electrons. The number of hydrogen-bond donors (Lipinski definition) is 0. The van der Waals surface area contributed by atoms with Gasteiger partial charge in [-0.15, -0.1) is 0 Å². The Balaban J connectivity index is 1.10. The van der Waals surface area contributed by atoms with Crippen molar-refractivity contribution in [3.05, 3.63) is 224 Å². The molecule has 0 amide bonds. The Morgan fingerprint density at radius 3 is 1.64 bits per heavy atom. The maximum Gasteiger partial charge on any atom is 0.143 e. The Morgan fingerprint density at radius 1 is 0.293 bits per heavy atom. The van der Waals surface area contributed by atoms with Gasteiger partial charge in [-0.1, -0.05) is 188 Å². The summed E-state index contributed by atoms with van der Waals surface area (Å²) >= 11 is 0. The van der Waals surface area contributed by atoms with Gasteiger partial charge in [0.1, 0.15) is 11.2 Å². The summed E-state index contributed by atoms with van der Waals surface area (Å²) in [5.74, 6) is 0. The molecule has 0 radical (unpaired) electrons. The van der Waals surface area contributed by atoms with Crippen molar-refractivity contribution in [1.29, 1.82) is 0 Å². The molecule has 10 aromatic carbocycles. The molecule has 11 aromatic rings. The Kier molecular flexibility index (Phi) is 8.19. The first-order valence-corrected chi connectivity index (χ1v) is 19.8. The molecule has 0 fully saturated rings. The summed E-state index contributed by atoms with van der Waals surface area (Å²) in [6.45, 7) is 0. The highest BCUT2D eigenvalue weighted by Gasteiger charge is 2.21. The molecule has 0 N–H and O–H groups in total. The smallest absolute Gasteiger partial charge is 0.143 e. The van der Waals surface area contributed by atoms with Gasteiger partial charge in [0.25, 0.3) is 0 Å². The summed E-state index contributed by atoms with van der Waals surface area (Å²) in [4.78, 5) is 2.41. The fraction of sp³-hybridized carbons (Fsp3) is 0. The van der Waals surface area contributed by atoms with Crippen molar-refractivity contribution in [3.63, 3.8) is 0 Å². The number of fused-ring (bicyclic) bond motifs is 6. The lowest BCUT2D eigenvalue weighted by Gasteiger charge is -2.29. The van der Waals surface area contributed by atoms with Crippen LogP contribution in [0.25, 0.3) is 88.0 Å². The fourth-order valence-corrected chi connectivity index (χ4v) is 8.77. The number of anilines is 3. The first-order chi connectivity index (χ1) is 28.8. The fourth-order valence-electron chi connectivity index (χ4n) is 8.77. The molecular weight excluding hydrogens is 703 g/mol. The average Bonchev–Trinajstić information content (AvgIpc) is 3.69. The van der Waals surface area contributed by atoms with Gasteiger partial charge in [-0.25, -0.2) is 0 Å². The van der Waals surface area contributed by atoms with Crippen LogP contribution < -0.4 is 4.90 Å². The number of hydrogen-bond acceptors (Lipinski definition) is 2. The minimum Gasteiger partial charge on any atom is -0.455 e. The first-order valence-electron chi connectivity index (χ1n) is 19.8. The predicted molar refractivity (Wildman–Crippen MR) is 245 cm³/mol. The van der Waals surface area contributed by atoms with Crippen molar-refractivity contribution >= 4 is 60.5 Å². The van der Waals surface area contributed by atoms with Gasteiger partial charge in [0, 0.05) is 33.3 Å². The van der Waals surface area contributed by atoms with E-state index in [1.54, 1.807) is 0 Å². The third-order valence-corrected chi connectivity index (χ3v) is 11.5. The molecule has 2 heteroatoms. The van der Waals surface area contributed by atoms with Crippen LogP contribution in [-0.2, 0) is 0 Å². The molecule has 0 atom stereocenters. The van der Waals surface area contributed by atoms with Gasteiger partial charge in [-0.3, -0.25) is 0 Å². The molecule has 0 bridgehead atoms. The van der Waals surface area contributed by atoms with E-state index in [1.165, 1.54) is 49.4 Å². The van der Waals surface area contributed by atoms with Gasteiger partial charge < -0.3 is 9.32 Å². The quantitative estimate of drug-likeness (QED) is 0.151. The number of benzene rings is 10. The molecule has 0 unspecified atom stereocenters. The standard InChI is InChI=1S/C56H37NO/c1-2-15-38(16-3-1)45-19-6-7-20-48(45)49-21-8-9-22-50(49)51-23-10-12-27-54(51)57(43-35-36-46-41(37-43)30-29-39-17-4-5-18-44(39)46)42-33-31-40(32-34-42)47-25-14-26-53-52-24-11-13-28-55(52)58-56(47)53/h1-37H. The first kappa shape index (κ1) is 33.6. The third-order valence-electron chi connectivity index (χ3n) is 11.5. The van der Waals surface area contributed by atoms with E-state index in [2.05, 4.69) is 217 Å². The van der Waals surface area contributed by atoms with Crippen LogP contribution in [0.3, 0.4) is 0 Å². The molecule has 0 aliphatic heterocycles. The monoisotopic (exact) mass is 739 g/mol. The molecule has 0 spiro atoms. The van der Waals surface area contributed by atoms with Crippen LogP contribution in [0.15, 0.2) is 229 Å². The molecular formula is C56H37NO. The number of nitrogens with zero attached hydrogens (tertiary/aromatic N) is 1. The van der Waals surface area contributed by atoms with E-state index < -0.39 is 0 Å². The van der Waals surface area contributed by atoms with E-state index in [0.717, 1.165) is 55.7 Å². The van der Waals surface area contributed by atoms with Crippen LogP contribution in [0.5, 0.6) is 0 Å². The number of rotatable bonds is 7. The van der Waals surface area contributed by atoms with Gasteiger partial charge in [-0.2, -0.15) is 0 Å². The molecule has 58 heavy (non-hydrogen) atoms. The summed E-state index contributed by atoms with van der Waals surface area (Å²) < 4.78 is 6.46. The van der Waals surface area contributed by atoms with Gasteiger partial charge in [-0.05, 0) is 91.3 Å². The van der Waals surface area contributed by atoms with E-state index in [-0.39, 0.29) is 0 Å². The van der Waals surface area contributed by atoms with E-state index in [1.807, 2.05) is 12.1 Å². The van der Waals surface area contributed by atoms with E-state index >= 15 is 0 Å². The highest BCUT2D eigenvalue weighted by atomic mass is 16.3. The van der Waals surface area contributed by atoms with E-state index in [4.69, 9.17) is 4.42 Å². The third kappa shape index (κ3) is 5.74. The van der Waals surface area contributed by atoms with Gasteiger partial charge in [0.05, 0.1) is 5.69 Å². The largest absolute Gasteiger partial charge is 0.455 e. The summed E-state index contributed by atoms with van der Waals surface area (Å²) in [5, 5.41) is 7.20. The zero-order valence-electron chi connectivity index (χ0n) is 31.7. The van der Waals surface area contributed by atoms with Crippen LogP contribution in [-0.4, -0.2) is 0 Å². The van der Waals surface area contributed by atoms with Crippen LogP contribution in [0.1, 0.15) is 0 Å². The zero-order chi connectivity index (χ0) is 38.4. The molecule has 0 saturated carbocycles. The van der Waals surface area contributed by atoms with Crippen LogP contribution in [0.2, 0.25) is 0 Å². The summed E-state index contributed by atoms with van der Waals surface area (Å²) in [7, 11) is 0. The SMILES string of the molecule is c1ccc(-c2ccccc2-c2ccccc2-c2ccccc2N(c2ccc(-c3cccc4c3oc3ccccc34)cc2)c2ccc3c(ccc4ccccc43)c2)cc1. The number of furan rings is 1. The topological polar surface area (TPSA) is 16.4 Å². The zero-order valence-corrected chi connectivity index (χ0v) is 31.7. The second kappa shape index (κ2) is 14.1. The molecule has 0 aliphatic rings. The van der Waals surface area contributed by atoms with Gasteiger partial charge >= 0.3 is 0 Å². The predicted octanol–water partition coefficient (Wildman–Crippen LogP) is 16.0. The van der Waals surface area contributed by atoms with Gasteiger partial charge in [0.15, 0.2) is 0 Å². The maximum absolute atomic E-state index is 6.46. The van der Waals surface area contributed by atoms with E-state index in [0.29, 0.717) is 0 Å². The van der Waals surface area contributed by atoms with Gasteiger partial charge in [0.2, 0.25) is 0 Å². The molecule has 1 heterocycles. The Labute approximate surface area is 337 Å². The van der Waals surface area contributed by atoms with Crippen molar-refractivity contribution in [2.45, 2.75) is 0 Å². The second-order valence-corrected chi connectivity index (χ2v) is 14.8. The Morgan fingerprint density at radius 2 is 0.828 bits per heavy atom. The second-order valence-electron chi connectivity index (χ2n) is 14.8. The van der Waals surface area contributed by atoms with Crippen LogP contribution in [0.4, 0.5) is 17.1 Å². The Hall–Kier alpha value is -7.68. The molecule has 0 saturated heterocycles. The van der Waals surface area contributed by atoms with Crippen molar-refractivity contribution < 1.29 is 4.42 Å². The van der Waals surface area contributed by atoms with Crippen molar-refractivity contribution in [1.82, 2.24) is 0 Å². The van der Waals surface area contributed by atoms with Crippen LogP contribution in [0, 0.1) is 0 Å². The summed E-state index contributed by atoms with van der Waals surface area (Å²) in [5.41, 5.74) is 14.4. The molecule has 2 nitrogen and oxygen atoms in total. The minimum atomic E-state index is 0.903.